The van der Waals surface area contributed by atoms with Crippen LogP contribution in [0.25, 0.3) is 11.0 Å². The van der Waals surface area contributed by atoms with Gasteiger partial charge in [-0.05, 0) is 33.6 Å². The van der Waals surface area contributed by atoms with Crippen LogP contribution in [0.15, 0.2) is 47.2 Å². The normalized spacial score (nSPS) is 23.1. The summed E-state index contributed by atoms with van der Waals surface area (Å²) in [5.74, 6) is -1.07. The van der Waals surface area contributed by atoms with Gasteiger partial charge < -0.3 is 15.2 Å². The second-order valence-electron chi connectivity index (χ2n) is 7.06. The van der Waals surface area contributed by atoms with E-state index < -0.39 is 11.3 Å². The minimum absolute atomic E-state index is 0.164. The molecule has 138 valence electrons. The molecule has 1 spiro atoms. The molecular formula is C20H14BrN5O2. The van der Waals surface area contributed by atoms with Crippen LogP contribution in [0.5, 0.6) is 0 Å². The van der Waals surface area contributed by atoms with E-state index in [1.54, 1.807) is 23.4 Å². The Morgan fingerprint density at radius 1 is 1.36 bits per heavy atom. The van der Waals surface area contributed by atoms with Gasteiger partial charge in [-0.1, -0.05) is 18.2 Å². The fourth-order valence-corrected chi connectivity index (χ4v) is 4.87. The van der Waals surface area contributed by atoms with Gasteiger partial charge in [0, 0.05) is 41.0 Å². The Balaban J connectivity index is 1.58. The van der Waals surface area contributed by atoms with E-state index in [1.165, 1.54) is 0 Å². The molecule has 28 heavy (non-hydrogen) atoms. The molecule has 2 aromatic heterocycles. The number of H-pyrrole nitrogens is 1. The molecule has 0 saturated carbocycles. The molecule has 7 nitrogen and oxygen atoms in total. The monoisotopic (exact) mass is 435 g/mol. The van der Waals surface area contributed by atoms with Crippen molar-refractivity contribution in [3.05, 3.63) is 58.3 Å². The molecule has 0 bridgehead atoms. The number of nitriles is 1. The van der Waals surface area contributed by atoms with Crippen molar-refractivity contribution in [1.82, 2.24) is 14.9 Å². The minimum atomic E-state index is -1.04. The summed E-state index contributed by atoms with van der Waals surface area (Å²) in [6, 6.07) is 11.4. The van der Waals surface area contributed by atoms with E-state index in [-0.39, 0.29) is 24.9 Å². The fraction of sp³-hybridized carbons (Fsp3) is 0.200. The molecule has 2 unspecified atom stereocenters. The SMILES string of the molecule is N#CC1CN(C(=O)c2c[nH]c3nccc(Br)c23)CC12C(=O)Nc1ccccc12. The summed E-state index contributed by atoms with van der Waals surface area (Å²) in [5.41, 5.74) is 1.52. The first-order chi connectivity index (χ1) is 13.6. The molecule has 2 amide bonds. The molecule has 0 radical (unpaired) electrons. The first-order valence-electron chi connectivity index (χ1n) is 8.77. The van der Waals surface area contributed by atoms with Crippen LogP contribution in [0.2, 0.25) is 0 Å². The largest absolute Gasteiger partial charge is 0.345 e. The first kappa shape index (κ1) is 17.0. The summed E-state index contributed by atoms with van der Waals surface area (Å²) < 4.78 is 0.761. The van der Waals surface area contributed by atoms with Crippen LogP contribution in [0, 0.1) is 17.2 Å². The predicted molar refractivity (Wildman–Crippen MR) is 106 cm³/mol. The fourth-order valence-electron chi connectivity index (χ4n) is 4.35. The highest BCUT2D eigenvalue weighted by molar-refractivity contribution is 9.10. The number of benzene rings is 1. The van der Waals surface area contributed by atoms with Crippen LogP contribution in [-0.4, -0.2) is 39.8 Å². The highest BCUT2D eigenvalue weighted by Gasteiger charge is 2.58. The summed E-state index contributed by atoms with van der Waals surface area (Å²) in [6.07, 6.45) is 3.27. The van der Waals surface area contributed by atoms with Crippen molar-refractivity contribution in [2.24, 2.45) is 5.92 Å². The minimum Gasteiger partial charge on any atom is -0.345 e. The molecule has 2 aliphatic heterocycles. The summed E-state index contributed by atoms with van der Waals surface area (Å²) >= 11 is 3.47. The predicted octanol–water partition coefficient (Wildman–Crippen LogP) is 2.81. The maximum Gasteiger partial charge on any atom is 0.256 e. The van der Waals surface area contributed by atoms with Crippen LogP contribution in [0.3, 0.4) is 0 Å². The lowest BCUT2D eigenvalue weighted by Crippen LogP contribution is -2.42. The molecule has 2 atom stereocenters. The van der Waals surface area contributed by atoms with Gasteiger partial charge in [-0.15, -0.1) is 0 Å². The quantitative estimate of drug-likeness (QED) is 0.613. The van der Waals surface area contributed by atoms with Crippen molar-refractivity contribution in [1.29, 1.82) is 5.26 Å². The van der Waals surface area contributed by atoms with Crippen molar-refractivity contribution >= 4 is 44.5 Å². The van der Waals surface area contributed by atoms with Crippen LogP contribution in [0.1, 0.15) is 15.9 Å². The van der Waals surface area contributed by atoms with E-state index in [0.717, 1.165) is 10.0 Å². The average molecular weight is 436 g/mol. The number of carbonyl (C=O) groups excluding carboxylic acids is 2. The van der Waals surface area contributed by atoms with Crippen LogP contribution in [0.4, 0.5) is 5.69 Å². The number of anilines is 1. The van der Waals surface area contributed by atoms with Gasteiger partial charge in [0.1, 0.15) is 11.1 Å². The number of hydrogen-bond acceptors (Lipinski definition) is 4. The van der Waals surface area contributed by atoms with Crippen molar-refractivity contribution in [2.45, 2.75) is 5.41 Å². The molecule has 1 fully saturated rings. The third kappa shape index (κ3) is 2.11. The van der Waals surface area contributed by atoms with Gasteiger partial charge in [0.05, 0.1) is 17.6 Å². The lowest BCUT2D eigenvalue weighted by atomic mass is 9.74. The number of rotatable bonds is 1. The lowest BCUT2D eigenvalue weighted by Gasteiger charge is -2.24. The summed E-state index contributed by atoms with van der Waals surface area (Å²) in [6.45, 7) is 0.360. The number of carbonyl (C=O) groups is 2. The Morgan fingerprint density at radius 2 is 2.18 bits per heavy atom. The van der Waals surface area contributed by atoms with Crippen molar-refractivity contribution in [3.8, 4) is 6.07 Å². The molecule has 5 rings (SSSR count). The van der Waals surface area contributed by atoms with Gasteiger partial charge in [-0.2, -0.15) is 5.26 Å². The van der Waals surface area contributed by atoms with Gasteiger partial charge in [0.15, 0.2) is 0 Å². The van der Waals surface area contributed by atoms with Crippen LogP contribution >= 0.6 is 15.9 Å². The van der Waals surface area contributed by atoms with Gasteiger partial charge in [0.2, 0.25) is 5.91 Å². The van der Waals surface area contributed by atoms with Gasteiger partial charge in [-0.25, -0.2) is 4.98 Å². The zero-order valence-corrected chi connectivity index (χ0v) is 16.2. The molecule has 2 N–H and O–H groups in total. The smallest absolute Gasteiger partial charge is 0.256 e. The van der Waals surface area contributed by atoms with E-state index >= 15 is 0 Å². The van der Waals surface area contributed by atoms with E-state index in [9.17, 15) is 14.9 Å². The number of nitrogens with one attached hydrogen (secondary N) is 2. The van der Waals surface area contributed by atoms with Gasteiger partial charge in [0.25, 0.3) is 5.91 Å². The van der Waals surface area contributed by atoms with Crippen molar-refractivity contribution in [2.75, 3.05) is 18.4 Å². The Morgan fingerprint density at radius 3 is 3.00 bits per heavy atom. The third-order valence-corrected chi connectivity index (χ3v) is 6.36. The third-order valence-electron chi connectivity index (χ3n) is 5.70. The maximum absolute atomic E-state index is 13.3. The number of fused-ring (bicyclic) bond motifs is 3. The van der Waals surface area contributed by atoms with Gasteiger partial charge >= 0.3 is 0 Å². The highest BCUT2D eigenvalue weighted by Crippen LogP contribution is 2.47. The average Bonchev–Trinajstić information content (AvgIpc) is 3.38. The number of amides is 2. The lowest BCUT2D eigenvalue weighted by molar-refractivity contribution is -0.121. The number of hydrogen-bond donors (Lipinski definition) is 2. The van der Waals surface area contributed by atoms with Crippen LogP contribution < -0.4 is 5.32 Å². The zero-order valence-electron chi connectivity index (χ0n) is 14.6. The van der Waals surface area contributed by atoms with E-state index in [4.69, 9.17) is 0 Å². The second-order valence-corrected chi connectivity index (χ2v) is 7.91. The number of nitrogens with zero attached hydrogens (tertiary/aromatic N) is 3. The summed E-state index contributed by atoms with van der Waals surface area (Å²) in [4.78, 5) is 35.1. The van der Waals surface area contributed by atoms with E-state index in [1.807, 2.05) is 24.3 Å². The number of halogens is 1. The molecule has 4 heterocycles. The summed E-state index contributed by atoms with van der Waals surface area (Å²) in [7, 11) is 0. The molecule has 3 aromatic rings. The Hall–Kier alpha value is -3.18. The molecule has 8 heteroatoms. The zero-order chi connectivity index (χ0) is 19.5. The number of aromatic nitrogens is 2. The Labute approximate surface area is 168 Å². The second kappa shape index (κ2) is 5.91. The number of aromatic amines is 1. The topological polar surface area (TPSA) is 102 Å². The highest BCUT2D eigenvalue weighted by atomic mass is 79.9. The van der Waals surface area contributed by atoms with Crippen molar-refractivity contribution < 1.29 is 9.59 Å². The Bertz CT molecular complexity index is 1200. The Kier molecular flexibility index (Phi) is 3.58. The molecule has 1 saturated heterocycles. The van der Waals surface area contributed by atoms with Crippen LogP contribution in [-0.2, 0) is 10.2 Å². The number of para-hydroxylation sites is 1. The van der Waals surface area contributed by atoms with E-state index in [2.05, 4.69) is 37.3 Å². The molecule has 0 aliphatic carbocycles. The molecule has 2 aliphatic rings. The molecule has 1 aromatic carbocycles. The number of pyridine rings is 1. The van der Waals surface area contributed by atoms with Crippen molar-refractivity contribution in [3.63, 3.8) is 0 Å². The standard InChI is InChI=1S/C20H14BrN5O2/c21-14-5-6-23-17-16(14)12(8-24-17)18(27)26-9-11(7-22)20(10-26)13-3-1-2-4-15(13)25-19(20)28/h1-6,8,11H,9-10H2,(H,23,24)(H,25,28). The maximum atomic E-state index is 13.3. The molecular weight excluding hydrogens is 422 g/mol. The van der Waals surface area contributed by atoms with Gasteiger partial charge in [-0.3, -0.25) is 9.59 Å². The number of likely N-dealkylation sites (tertiary alicyclic amines) is 1. The first-order valence-corrected chi connectivity index (χ1v) is 9.57. The summed E-state index contributed by atoms with van der Waals surface area (Å²) in [5, 5.41) is 13.4. The van der Waals surface area contributed by atoms with E-state index in [0.29, 0.717) is 22.3 Å².